The van der Waals surface area contributed by atoms with Crippen LogP contribution in [-0.2, 0) is 0 Å². The molecule has 2 atom stereocenters. The van der Waals surface area contributed by atoms with Gasteiger partial charge in [-0.25, -0.2) is 0 Å². The highest BCUT2D eigenvalue weighted by molar-refractivity contribution is 4.85. The van der Waals surface area contributed by atoms with E-state index in [1.54, 1.807) is 0 Å². The first kappa shape index (κ1) is 13.8. The van der Waals surface area contributed by atoms with Crippen LogP contribution in [0.5, 0.6) is 0 Å². The molecule has 110 valence electrons. The molecule has 0 aromatic carbocycles. The molecule has 0 bridgehead atoms. The van der Waals surface area contributed by atoms with Crippen molar-refractivity contribution in [2.45, 2.75) is 57.5 Å². The Hall–Kier alpha value is -0.120. The standard InChI is InChI=1S/C16H31N3/c1-14-6-7-17-15(12-14)13-18-8-10-19(11-9-18)16-4-2-3-5-16/h14-17H,2-13H2,1H3. The first-order valence-corrected chi connectivity index (χ1v) is 8.51. The van der Waals surface area contributed by atoms with Crippen LogP contribution >= 0.6 is 0 Å². The van der Waals surface area contributed by atoms with E-state index in [1.807, 2.05) is 0 Å². The average Bonchev–Trinajstić information content (AvgIpc) is 2.94. The molecule has 19 heavy (non-hydrogen) atoms. The quantitative estimate of drug-likeness (QED) is 0.841. The van der Waals surface area contributed by atoms with Crippen LogP contribution in [0.1, 0.15) is 45.4 Å². The fourth-order valence-electron chi connectivity index (χ4n) is 4.25. The third kappa shape index (κ3) is 3.71. The van der Waals surface area contributed by atoms with Crippen LogP contribution in [0.15, 0.2) is 0 Å². The molecule has 2 unspecified atom stereocenters. The average molecular weight is 265 g/mol. The lowest BCUT2D eigenvalue weighted by molar-refractivity contribution is 0.0865. The molecular weight excluding hydrogens is 234 g/mol. The second kappa shape index (κ2) is 6.55. The minimum absolute atomic E-state index is 0.752. The monoisotopic (exact) mass is 265 g/mol. The van der Waals surface area contributed by atoms with Crippen molar-refractivity contribution in [1.29, 1.82) is 0 Å². The number of piperazine rings is 1. The van der Waals surface area contributed by atoms with Crippen LogP contribution in [-0.4, -0.2) is 61.2 Å². The Morgan fingerprint density at radius 1 is 1.00 bits per heavy atom. The van der Waals surface area contributed by atoms with Crippen molar-refractivity contribution in [2.24, 2.45) is 5.92 Å². The van der Waals surface area contributed by atoms with Crippen LogP contribution in [0.4, 0.5) is 0 Å². The van der Waals surface area contributed by atoms with Crippen molar-refractivity contribution in [3.63, 3.8) is 0 Å². The van der Waals surface area contributed by atoms with Gasteiger partial charge in [-0.05, 0) is 38.1 Å². The zero-order valence-electron chi connectivity index (χ0n) is 12.6. The number of piperidine rings is 1. The van der Waals surface area contributed by atoms with Crippen molar-refractivity contribution in [2.75, 3.05) is 39.3 Å². The normalized spacial score (nSPS) is 35.8. The fraction of sp³-hybridized carbons (Fsp3) is 1.00. The van der Waals surface area contributed by atoms with Crippen molar-refractivity contribution >= 4 is 0 Å². The van der Waals surface area contributed by atoms with Crippen molar-refractivity contribution < 1.29 is 0 Å². The van der Waals surface area contributed by atoms with Gasteiger partial charge in [-0.2, -0.15) is 0 Å². The predicted octanol–water partition coefficient (Wildman–Crippen LogP) is 1.93. The number of hydrogen-bond donors (Lipinski definition) is 1. The molecule has 3 aliphatic rings. The summed E-state index contributed by atoms with van der Waals surface area (Å²) in [4.78, 5) is 5.46. The summed E-state index contributed by atoms with van der Waals surface area (Å²) in [6, 6.07) is 1.68. The highest BCUT2D eigenvalue weighted by Gasteiger charge is 2.27. The summed E-state index contributed by atoms with van der Waals surface area (Å²) in [5.74, 6) is 0.922. The Balaban J connectivity index is 1.40. The van der Waals surface area contributed by atoms with Crippen molar-refractivity contribution in [3.8, 4) is 0 Å². The molecule has 0 aromatic heterocycles. The molecule has 1 saturated carbocycles. The van der Waals surface area contributed by atoms with Gasteiger partial charge in [-0.15, -0.1) is 0 Å². The molecule has 1 aliphatic carbocycles. The van der Waals surface area contributed by atoms with Crippen LogP contribution in [0.3, 0.4) is 0 Å². The zero-order valence-corrected chi connectivity index (χ0v) is 12.6. The SMILES string of the molecule is CC1CCNC(CN2CCN(C3CCCC3)CC2)C1. The Bertz CT molecular complexity index is 267. The maximum atomic E-state index is 3.71. The highest BCUT2D eigenvalue weighted by atomic mass is 15.3. The van der Waals surface area contributed by atoms with Gasteiger partial charge in [-0.3, -0.25) is 9.80 Å². The topological polar surface area (TPSA) is 18.5 Å². The second-order valence-electron chi connectivity index (χ2n) is 7.06. The lowest BCUT2D eigenvalue weighted by atomic mass is 9.94. The van der Waals surface area contributed by atoms with E-state index >= 15 is 0 Å². The van der Waals surface area contributed by atoms with Gasteiger partial charge in [0.05, 0.1) is 0 Å². The smallest absolute Gasteiger partial charge is 0.0197 e. The Morgan fingerprint density at radius 3 is 2.42 bits per heavy atom. The van der Waals surface area contributed by atoms with E-state index in [0.717, 1.165) is 18.0 Å². The number of nitrogens with zero attached hydrogens (tertiary/aromatic N) is 2. The summed E-state index contributed by atoms with van der Waals surface area (Å²) in [6.07, 6.45) is 8.60. The van der Waals surface area contributed by atoms with Gasteiger partial charge in [0.25, 0.3) is 0 Å². The molecule has 3 fully saturated rings. The maximum Gasteiger partial charge on any atom is 0.0197 e. The minimum Gasteiger partial charge on any atom is -0.313 e. The van der Waals surface area contributed by atoms with Gasteiger partial charge in [0.2, 0.25) is 0 Å². The Labute approximate surface area is 118 Å². The lowest BCUT2D eigenvalue weighted by Gasteiger charge is -2.40. The summed E-state index contributed by atoms with van der Waals surface area (Å²) in [6.45, 7) is 10.1. The molecule has 1 N–H and O–H groups in total. The van der Waals surface area contributed by atoms with Crippen LogP contribution < -0.4 is 5.32 Å². The predicted molar refractivity (Wildman–Crippen MR) is 80.5 cm³/mol. The third-order valence-corrected chi connectivity index (χ3v) is 5.48. The molecule has 0 amide bonds. The molecule has 3 nitrogen and oxygen atoms in total. The van der Waals surface area contributed by atoms with Crippen molar-refractivity contribution in [1.82, 2.24) is 15.1 Å². The van der Waals surface area contributed by atoms with E-state index in [-0.39, 0.29) is 0 Å². The van der Waals surface area contributed by atoms with Gasteiger partial charge in [0, 0.05) is 44.8 Å². The summed E-state index contributed by atoms with van der Waals surface area (Å²) in [5.41, 5.74) is 0. The summed E-state index contributed by atoms with van der Waals surface area (Å²) >= 11 is 0. The number of hydrogen-bond acceptors (Lipinski definition) is 3. The molecule has 0 spiro atoms. The van der Waals surface area contributed by atoms with Gasteiger partial charge in [0.1, 0.15) is 0 Å². The van der Waals surface area contributed by atoms with Gasteiger partial charge >= 0.3 is 0 Å². The molecule has 0 aromatic rings. The van der Waals surface area contributed by atoms with E-state index in [4.69, 9.17) is 0 Å². The van der Waals surface area contributed by atoms with Gasteiger partial charge < -0.3 is 5.32 Å². The first-order valence-electron chi connectivity index (χ1n) is 8.51. The van der Waals surface area contributed by atoms with Crippen molar-refractivity contribution in [3.05, 3.63) is 0 Å². The second-order valence-corrected chi connectivity index (χ2v) is 7.06. The molecule has 0 radical (unpaired) electrons. The Morgan fingerprint density at radius 2 is 1.74 bits per heavy atom. The summed E-state index contributed by atoms with van der Waals surface area (Å²) in [7, 11) is 0. The van der Waals surface area contributed by atoms with Crippen LogP contribution in [0, 0.1) is 5.92 Å². The van der Waals surface area contributed by atoms with E-state index in [9.17, 15) is 0 Å². The molecule has 3 heteroatoms. The Kier molecular flexibility index (Phi) is 4.78. The molecular formula is C16H31N3. The number of nitrogens with one attached hydrogen (secondary N) is 1. The third-order valence-electron chi connectivity index (χ3n) is 5.48. The maximum absolute atomic E-state index is 3.71. The summed E-state index contributed by atoms with van der Waals surface area (Å²) < 4.78 is 0. The van der Waals surface area contributed by atoms with E-state index in [2.05, 4.69) is 22.0 Å². The van der Waals surface area contributed by atoms with Crippen LogP contribution in [0.25, 0.3) is 0 Å². The summed E-state index contributed by atoms with van der Waals surface area (Å²) in [5, 5.41) is 3.71. The molecule has 2 saturated heterocycles. The van der Waals surface area contributed by atoms with E-state index in [1.165, 1.54) is 77.8 Å². The first-order chi connectivity index (χ1) is 9.31. The van der Waals surface area contributed by atoms with Gasteiger partial charge in [-0.1, -0.05) is 19.8 Å². The van der Waals surface area contributed by atoms with Crippen LogP contribution in [0.2, 0.25) is 0 Å². The molecule has 2 heterocycles. The van der Waals surface area contributed by atoms with E-state index < -0.39 is 0 Å². The largest absolute Gasteiger partial charge is 0.313 e. The van der Waals surface area contributed by atoms with Gasteiger partial charge in [0.15, 0.2) is 0 Å². The fourth-order valence-corrected chi connectivity index (χ4v) is 4.25. The number of rotatable bonds is 3. The zero-order chi connectivity index (χ0) is 13.1. The lowest BCUT2D eigenvalue weighted by Crippen LogP contribution is -2.53. The molecule has 3 rings (SSSR count). The van der Waals surface area contributed by atoms with E-state index in [0.29, 0.717) is 0 Å². The highest BCUT2D eigenvalue weighted by Crippen LogP contribution is 2.24. The molecule has 2 aliphatic heterocycles. The minimum atomic E-state index is 0.752.